The molecule has 0 aliphatic carbocycles. The number of anilines is 1. The molecule has 0 radical (unpaired) electrons. The first kappa shape index (κ1) is 22.4. The number of hydrogen-bond acceptors (Lipinski definition) is 7. The lowest BCUT2D eigenvalue weighted by atomic mass is 10.00. The summed E-state index contributed by atoms with van der Waals surface area (Å²) in [4.78, 5) is 2.32. The van der Waals surface area contributed by atoms with E-state index in [9.17, 15) is 9.50 Å². The van der Waals surface area contributed by atoms with Gasteiger partial charge >= 0.3 is 0 Å². The summed E-state index contributed by atoms with van der Waals surface area (Å²) in [6.45, 7) is 5.96. The van der Waals surface area contributed by atoms with E-state index in [-0.39, 0.29) is 18.5 Å². The van der Waals surface area contributed by atoms with Crippen LogP contribution in [0.15, 0.2) is 29.4 Å². The lowest BCUT2D eigenvalue weighted by Gasteiger charge is -2.31. The number of thioether (sulfide) groups is 1. The second-order valence-electron chi connectivity index (χ2n) is 8.43. The summed E-state index contributed by atoms with van der Waals surface area (Å²) in [7, 11) is 0. The summed E-state index contributed by atoms with van der Waals surface area (Å²) < 4.78 is 26.6. The van der Waals surface area contributed by atoms with Gasteiger partial charge in [0.25, 0.3) is 0 Å². The van der Waals surface area contributed by atoms with Crippen molar-refractivity contribution in [2.24, 2.45) is 5.92 Å². The highest BCUT2D eigenvalue weighted by molar-refractivity contribution is 7.99. The molecule has 1 N–H and O–H groups in total. The molecule has 2 atom stereocenters. The lowest BCUT2D eigenvalue weighted by Crippen LogP contribution is -2.35. The Morgan fingerprint density at radius 1 is 1.23 bits per heavy atom. The molecule has 0 spiro atoms. The van der Waals surface area contributed by atoms with Crippen LogP contribution in [0, 0.1) is 11.7 Å². The van der Waals surface area contributed by atoms with Crippen LogP contribution in [0.3, 0.4) is 0 Å². The summed E-state index contributed by atoms with van der Waals surface area (Å²) in [5.41, 5.74) is 0. The second kappa shape index (κ2) is 10.7. The topological polar surface area (TPSA) is 72.6 Å². The Morgan fingerprint density at radius 2 is 2.00 bits per heavy atom. The number of rotatable bonds is 9. The minimum Gasteiger partial charge on any atom is -0.491 e. The molecule has 2 fully saturated rings. The van der Waals surface area contributed by atoms with Crippen LogP contribution in [0.1, 0.15) is 32.6 Å². The molecule has 7 nitrogen and oxygen atoms in total. The molecule has 31 heavy (non-hydrogen) atoms. The van der Waals surface area contributed by atoms with Crippen LogP contribution in [0.25, 0.3) is 0 Å². The first-order valence-electron chi connectivity index (χ1n) is 11.1. The minimum absolute atomic E-state index is 0.134. The van der Waals surface area contributed by atoms with Gasteiger partial charge in [-0.1, -0.05) is 18.7 Å². The van der Waals surface area contributed by atoms with Crippen molar-refractivity contribution in [3.05, 3.63) is 30.1 Å². The van der Waals surface area contributed by atoms with Crippen molar-refractivity contribution in [3.63, 3.8) is 0 Å². The fraction of sp³-hybridized carbons (Fsp3) is 0.636. The Hall–Kier alpha value is -1.84. The number of ether oxygens (including phenoxy) is 2. The average molecular weight is 451 g/mol. The van der Waals surface area contributed by atoms with Crippen LogP contribution in [-0.4, -0.2) is 64.1 Å². The van der Waals surface area contributed by atoms with Gasteiger partial charge < -0.3 is 19.5 Å². The molecule has 3 heterocycles. The van der Waals surface area contributed by atoms with Crippen LogP contribution in [0.2, 0.25) is 0 Å². The van der Waals surface area contributed by atoms with Gasteiger partial charge in [0.2, 0.25) is 5.95 Å². The molecule has 1 aromatic carbocycles. The number of aromatic nitrogens is 3. The highest BCUT2D eigenvalue weighted by atomic mass is 32.2. The molecule has 2 aliphatic heterocycles. The van der Waals surface area contributed by atoms with Gasteiger partial charge in [-0.15, -0.1) is 10.2 Å². The molecular weight excluding hydrogens is 419 g/mol. The smallest absolute Gasteiger partial charge is 0.228 e. The Kier molecular flexibility index (Phi) is 7.68. The molecule has 2 saturated heterocycles. The molecule has 0 bridgehead atoms. The van der Waals surface area contributed by atoms with Gasteiger partial charge in [0, 0.05) is 25.4 Å². The van der Waals surface area contributed by atoms with E-state index in [4.69, 9.17) is 9.47 Å². The summed E-state index contributed by atoms with van der Waals surface area (Å²) >= 11 is 1.48. The fourth-order valence-electron chi connectivity index (χ4n) is 3.92. The van der Waals surface area contributed by atoms with E-state index in [1.165, 1.54) is 23.9 Å². The van der Waals surface area contributed by atoms with E-state index >= 15 is 0 Å². The quantitative estimate of drug-likeness (QED) is 0.587. The van der Waals surface area contributed by atoms with E-state index in [1.807, 2.05) is 0 Å². The molecule has 2 unspecified atom stereocenters. The molecule has 9 heteroatoms. The third-order valence-corrected chi connectivity index (χ3v) is 6.95. The number of aliphatic hydroxyl groups excluding tert-OH is 1. The second-order valence-corrected chi connectivity index (χ2v) is 9.41. The first-order chi connectivity index (χ1) is 15.1. The number of benzene rings is 1. The van der Waals surface area contributed by atoms with E-state index < -0.39 is 6.10 Å². The molecule has 170 valence electrons. The maximum Gasteiger partial charge on any atom is 0.228 e. The number of hydrogen-bond donors (Lipinski definition) is 1. The zero-order chi connectivity index (χ0) is 21.6. The standard InChI is InChI=1S/C22H31FN4O3S/c1-16-8-10-26(11-9-16)21-24-25-22(27(21)13-20-3-2-12-29-20)31-15-18(28)14-30-19-6-4-17(23)5-7-19/h4-7,16,18,20,28H,2-3,8-15H2,1H3. The fourth-order valence-corrected chi connectivity index (χ4v) is 4.77. The van der Waals surface area contributed by atoms with Crippen molar-refractivity contribution >= 4 is 17.7 Å². The Morgan fingerprint density at radius 3 is 2.71 bits per heavy atom. The predicted octanol–water partition coefficient (Wildman–Crippen LogP) is 3.36. The SMILES string of the molecule is CC1CCN(c2nnc(SCC(O)COc3ccc(F)cc3)n2CC2CCCO2)CC1. The first-order valence-corrected chi connectivity index (χ1v) is 12.1. The Labute approximate surface area is 186 Å². The molecule has 4 rings (SSSR count). The molecule has 0 amide bonds. The monoisotopic (exact) mass is 450 g/mol. The maximum atomic E-state index is 13.0. The van der Waals surface area contributed by atoms with Crippen molar-refractivity contribution in [2.45, 2.75) is 56.5 Å². The number of piperidine rings is 1. The van der Waals surface area contributed by atoms with Gasteiger partial charge in [-0.3, -0.25) is 4.57 Å². The van der Waals surface area contributed by atoms with Crippen LogP contribution < -0.4 is 9.64 Å². The zero-order valence-corrected chi connectivity index (χ0v) is 18.8. The molecule has 1 aromatic heterocycles. The highest BCUT2D eigenvalue weighted by Crippen LogP contribution is 2.28. The van der Waals surface area contributed by atoms with E-state index in [1.54, 1.807) is 12.1 Å². The Balaban J connectivity index is 1.37. The zero-order valence-electron chi connectivity index (χ0n) is 18.0. The van der Waals surface area contributed by atoms with Crippen LogP contribution >= 0.6 is 11.8 Å². The minimum atomic E-state index is -0.679. The van der Waals surface area contributed by atoms with Crippen molar-refractivity contribution in [3.8, 4) is 5.75 Å². The number of aliphatic hydroxyl groups is 1. The van der Waals surface area contributed by atoms with Crippen LogP contribution in [-0.2, 0) is 11.3 Å². The summed E-state index contributed by atoms with van der Waals surface area (Å²) in [5, 5.41) is 20.1. The third-order valence-electron chi connectivity index (χ3n) is 5.83. The summed E-state index contributed by atoms with van der Waals surface area (Å²) in [6, 6.07) is 5.79. The number of nitrogens with zero attached hydrogens (tertiary/aromatic N) is 4. The molecular formula is C22H31FN4O3S. The highest BCUT2D eigenvalue weighted by Gasteiger charge is 2.26. The summed E-state index contributed by atoms with van der Waals surface area (Å²) in [6.07, 6.45) is 3.97. The molecule has 2 aromatic rings. The predicted molar refractivity (Wildman–Crippen MR) is 118 cm³/mol. The molecule has 2 aliphatic rings. The number of halogens is 1. The third kappa shape index (κ3) is 6.11. The Bertz CT molecular complexity index is 821. The van der Waals surface area contributed by atoms with Crippen LogP contribution in [0.5, 0.6) is 5.75 Å². The average Bonchev–Trinajstić information content (AvgIpc) is 3.43. The lowest BCUT2D eigenvalue weighted by molar-refractivity contribution is 0.0951. The summed E-state index contributed by atoms with van der Waals surface area (Å²) in [5.74, 6) is 2.31. The van der Waals surface area contributed by atoms with Gasteiger partial charge in [0.05, 0.1) is 18.8 Å². The van der Waals surface area contributed by atoms with Gasteiger partial charge in [-0.2, -0.15) is 0 Å². The van der Waals surface area contributed by atoms with E-state index in [0.29, 0.717) is 11.5 Å². The van der Waals surface area contributed by atoms with Crippen molar-refractivity contribution in [1.82, 2.24) is 14.8 Å². The van der Waals surface area contributed by atoms with E-state index in [2.05, 4.69) is 26.6 Å². The van der Waals surface area contributed by atoms with Crippen molar-refractivity contribution in [1.29, 1.82) is 0 Å². The molecule has 0 saturated carbocycles. The van der Waals surface area contributed by atoms with E-state index in [0.717, 1.165) is 68.9 Å². The van der Waals surface area contributed by atoms with Gasteiger partial charge in [-0.05, 0) is 55.9 Å². The van der Waals surface area contributed by atoms with Gasteiger partial charge in [0.15, 0.2) is 5.16 Å². The van der Waals surface area contributed by atoms with Crippen molar-refractivity contribution in [2.75, 3.05) is 37.0 Å². The van der Waals surface area contributed by atoms with Gasteiger partial charge in [-0.25, -0.2) is 4.39 Å². The maximum absolute atomic E-state index is 13.0. The van der Waals surface area contributed by atoms with Gasteiger partial charge in [0.1, 0.15) is 18.2 Å². The normalized spacial score (nSPS) is 20.9. The largest absolute Gasteiger partial charge is 0.491 e. The van der Waals surface area contributed by atoms with Crippen molar-refractivity contribution < 1.29 is 19.0 Å². The van der Waals surface area contributed by atoms with Crippen LogP contribution in [0.4, 0.5) is 10.3 Å².